The average molecular weight is 240 g/mol. The summed E-state index contributed by atoms with van der Waals surface area (Å²) in [5.74, 6) is -2.79. The van der Waals surface area contributed by atoms with Crippen molar-refractivity contribution < 1.29 is 8.78 Å². The van der Waals surface area contributed by atoms with Crippen LogP contribution < -0.4 is 5.73 Å². The van der Waals surface area contributed by atoms with E-state index in [0.717, 1.165) is 19.4 Å². The van der Waals surface area contributed by atoms with Gasteiger partial charge in [0.1, 0.15) is 0 Å². The third-order valence-electron chi connectivity index (χ3n) is 3.16. The third kappa shape index (κ3) is 3.23. The highest BCUT2D eigenvalue weighted by Gasteiger charge is 2.34. The van der Waals surface area contributed by atoms with Crippen LogP contribution in [0.25, 0.3) is 0 Å². The summed E-state index contributed by atoms with van der Waals surface area (Å²) in [6, 6.07) is 8.02. The van der Waals surface area contributed by atoms with Crippen molar-refractivity contribution >= 4 is 0 Å². The smallest absolute Gasteiger partial charge is 0.285 e. The maximum absolute atomic E-state index is 14.0. The molecule has 1 saturated heterocycles. The number of hydrogen-bond acceptors (Lipinski definition) is 2. The van der Waals surface area contributed by atoms with Crippen molar-refractivity contribution in [2.75, 3.05) is 19.6 Å². The molecular weight excluding hydrogens is 222 g/mol. The first kappa shape index (κ1) is 12.5. The van der Waals surface area contributed by atoms with Crippen molar-refractivity contribution in [3.63, 3.8) is 0 Å². The standard InChI is InChI=1S/C13H18F2N2/c14-13(15,11-5-2-1-3-6-11)10-17-8-4-7-12(16)9-17/h1-3,5-6,12H,4,7-10,16H2/t12-/m1/s1. The van der Waals surface area contributed by atoms with E-state index in [2.05, 4.69) is 0 Å². The molecule has 0 aromatic heterocycles. The molecule has 1 aliphatic rings. The van der Waals surface area contributed by atoms with Crippen LogP contribution in [-0.2, 0) is 5.92 Å². The number of benzene rings is 1. The summed E-state index contributed by atoms with van der Waals surface area (Å²) in [7, 11) is 0. The summed E-state index contributed by atoms with van der Waals surface area (Å²) in [6.07, 6.45) is 1.85. The molecule has 1 atom stereocenters. The molecule has 1 aromatic rings. The maximum atomic E-state index is 14.0. The van der Waals surface area contributed by atoms with E-state index < -0.39 is 5.92 Å². The number of halogens is 2. The summed E-state index contributed by atoms with van der Waals surface area (Å²) in [5, 5.41) is 0. The summed E-state index contributed by atoms with van der Waals surface area (Å²) >= 11 is 0. The number of hydrogen-bond donors (Lipinski definition) is 1. The lowest BCUT2D eigenvalue weighted by Gasteiger charge is -2.33. The topological polar surface area (TPSA) is 29.3 Å². The number of alkyl halides is 2. The van der Waals surface area contributed by atoms with E-state index >= 15 is 0 Å². The Hall–Kier alpha value is -1.00. The maximum Gasteiger partial charge on any atom is 0.285 e. The third-order valence-corrected chi connectivity index (χ3v) is 3.16. The van der Waals surface area contributed by atoms with Crippen LogP contribution in [0, 0.1) is 0 Å². The minimum absolute atomic E-state index is 0.0373. The molecule has 0 unspecified atom stereocenters. The first-order valence-corrected chi connectivity index (χ1v) is 5.99. The van der Waals surface area contributed by atoms with Gasteiger partial charge in [0.05, 0.1) is 6.54 Å². The SMILES string of the molecule is N[C@@H]1CCCN(CC(F)(F)c2ccccc2)C1. The van der Waals surface area contributed by atoms with Gasteiger partial charge in [-0.3, -0.25) is 4.90 Å². The largest absolute Gasteiger partial charge is 0.327 e. The molecule has 1 fully saturated rings. The second-order valence-electron chi connectivity index (χ2n) is 4.71. The molecule has 17 heavy (non-hydrogen) atoms. The second-order valence-corrected chi connectivity index (χ2v) is 4.71. The zero-order valence-electron chi connectivity index (χ0n) is 9.78. The lowest BCUT2D eigenvalue weighted by Crippen LogP contribution is -2.46. The van der Waals surface area contributed by atoms with Crippen LogP contribution in [0.4, 0.5) is 8.78 Å². The van der Waals surface area contributed by atoms with E-state index in [1.165, 1.54) is 12.1 Å². The van der Waals surface area contributed by atoms with E-state index in [0.29, 0.717) is 6.54 Å². The van der Waals surface area contributed by atoms with Gasteiger partial charge in [0.2, 0.25) is 0 Å². The van der Waals surface area contributed by atoms with Crippen LogP contribution in [-0.4, -0.2) is 30.6 Å². The van der Waals surface area contributed by atoms with Gasteiger partial charge in [-0.25, -0.2) is 0 Å². The summed E-state index contributed by atoms with van der Waals surface area (Å²) < 4.78 is 28.0. The number of nitrogens with zero attached hydrogens (tertiary/aromatic N) is 1. The quantitative estimate of drug-likeness (QED) is 0.877. The fourth-order valence-corrected chi connectivity index (χ4v) is 2.29. The highest BCUT2D eigenvalue weighted by molar-refractivity contribution is 5.20. The Morgan fingerprint density at radius 3 is 2.65 bits per heavy atom. The van der Waals surface area contributed by atoms with Crippen molar-refractivity contribution in [2.45, 2.75) is 24.8 Å². The molecule has 2 nitrogen and oxygen atoms in total. The molecule has 1 heterocycles. The van der Waals surface area contributed by atoms with Crippen molar-refractivity contribution in [3.05, 3.63) is 35.9 Å². The Bertz CT molecular complexity index is 354. The van der Waals surface area contributed by atoms with Crippen molar-refractivity contribution in [3.8, 4) is 0 Å². The minimum Gasteiger partial charge on any atom is -0.327 e. The van der Waals surface area contributed by atoms with Gasteiger partial charge in [-0.2, -0.15) is 8.78 Å². The molecule has 1 aliphatic heterocycles. The lowest BCUT2D eigenvalue weighted by atomic mass is 10.0. The summed E-state index contributed by atoms with van der Waals surface area (Å²) in [5.41, 5.74) is 5.88. The molecule has 4 heteroatoms. The van der Waals surface area contributed by atoms with Gasteiger partial charge in [0.15, 0.2) is 0 Å². The van der Waals surface area contributed by atoms with Gasteiger partial charge in [-0.1, -0.05) is 30.3 Å². The van der Waals surface area contributed by atoms with Gasteiger partial charge >= 0.3 is 0 Å². The van der Waals surface area contributed by atoms with Crippen LogP contribution in [0.2, 0.25) is 0 Å². The fraction of sp³-hybridized carbons (Fsp3) is 0.538. The molecule has 0 spiro atoms. The minimum atomic E-state index is -2.79. The number of piperidine rings is 1. The molecule has 0 saturated carbocycles. The Labute approximate surface area is 100 Å². The van der Waals surface area contributed by atoms with Crippen molar-refractivity contribution in [1.29, 1.82) is 0 Å². The molecule has 2 N–H and O–H groups in total. The van der Waals surface area contributed by atoms with E-state index in [-0.39, 0.29) is 18.2 Å². The Morgan fingerprint density at radius 1 is 1.29 bits per heavy atom. The molecule has 1 aromatic carbocycles. The Kier molecular flexibility index (Phi) is 3.74. The molecule has 94 valence electrons. The van der Waals surface area contributed by atoms with Gasteiger partial charge in [0, 0.05) is 18.2 Å². The van der Waals surface area contributed by atoms with E-state index in [1.807, 2.05) is 0 Å². The molecule has 2 rings (SSSR count). The molecule has 0 amide bonds. The summed E-state index contributed by atoms with van der Waals surface area (Å²) in [6.45, 7) is 1.06. The van der Waals surface area contributed by atoms with Crippen LogP contribution in [0.5, 0.6) is 0 Å². The molecule has 0 radical (unpaired) electrons. The Balaban J connectivity index is 2.01. The number of nitrogens with two attached hydrogens (primary N) is 1. The molecule has 0 aliphatic carbocycles. The van der Waals surface area contributed by atoms with Gasteiger partial charge in [-0.15, -0.1) is 0 Å². The van der Waals surface area contributed by atoms with Crippen molar-refractivity contribution in [1.82, 2.24) is 4.90 Å². The lowest BCUT2D eigenvalue weighted by molar-refractivity contribution is -0.0429. The molecular formula is C13H18F2N2. The van der Waals surface area contributed by atoms with Crippen LogP contribution in [0.3, 0.4) is 0 Å². The number of rotatable bonds is 3. The van der Waals surface area contributed by atoms with Gasteiger partial charge < -0.3 is 5.73 Å². The van der Waals surface area contributed by atoms with E-state index in [9.17, 15) is 8.78 Å². The van der Waals surface area contributed by atoms with Gasteiger partial charge in [-0.05, 0) is 19.4 Å². The van der Waals surface area contributed by atoms with Crippen LogP contribution >= 0.6 is 0 Å². The van der Waals surface area contributed by atoms with E-state index in [4.69, 9.17) is 5.73 Å². The average Bonchev–Trinajstić information content (AvgIpc) is 2.29. The molecule has 0 bridgehead atoms. The monoisotopic (exact) mass is 240 g/mol. The first-order valence-electron chi connectivity index (χ1n) is 5.99. The normalized spacial score (nSPS) is 22.6. The second kappa shape index (κ2) is 5.10. The fourth-order valence-electron chi connectivity index (χ4n) is 2.29. The zero-order chi connectivity index (χ0) is 12.3. The van der Waals surface area contributed by atoms with Crippen LogP contribution in [0.15, 0.2) is 30.3 Å². The summed E-state index contributed by atoms with van der Waals surface area (Å²) in [4.78, 5) is 1.77. The highest BCUT2D eigenvalue weighted by atomic mass is 19.3. The van der Waals surface area contributed by atoms with E-state index in [1.54, 1.807) is 23.1 Å². The zero-order valence-corrected chi connectivity index (χ0v) is 9.78. The predicted molar refractivity (Wildman–Crippen MR) is 64.0 cm³/mol. The van der Waals surface area contributed by atoms with Crippen molar-refractivity contribution in [2.24, 2.45) is 5.73 Å². The van der Waals surface area contributed by atoms with Crippen LogP contribution in [0.1, 0.15) is 18.4 Å². The van der Waals surface area contributed by atoms with Gasteiger partial charge in [0.25, 0.3) is 5.92 Å². The predicted octanol–water partition coefficient (Wildman–Crippen LogP) is 2.20. The first-order chi connectivity index (χ1) is 8.08. The number of likely N-dealkylation sites (tertiary alicyclic amines) is 1. The highest BCUT2D eigenvalue weighted by Crippen LogP contribution is 2.29. The Morgan fingerprint density at radius 2 is 2.00 bits per heavy atom.